The van der Waals surface area contributed by atoms with Gasteiger partial charge in [-0.3, -0.25) is 11.3 Å². The molecule has 1 fully saturated rings. The summed E-state index contributed by atoms with van der Waals surface area (Å²) in [7, 11) is 0. The van der Waals surface area contributed by atoms with Crippen molar-refractivity contribution in [3.8, 4) is 0 Å². The monoisotopic (exact) mass is 264 g/mol. The van der Waals surface area contributed by atoms with Gasteiger partial charge in [0, 0.05) is 6.04 Å². The minimum atomic E-state index is -0.174. The molecule has 1 atom stereocenters. The summed E-state index contributed by atoms with van der Waals surface area (Å²) in [4.78, 5) is 0. The van der Waals surface area contributed by atoms with Crippen molar-refractivity contribution in [2.75, 3.05) is 0 Å². The Bertz CT molecular complexity index is 356. The summed E-state index contributed by atoms with van der Waals surface area (Å²) in [5.41, 5.74) is 4.15. The smallest absolute Gasteiger partial charge is 0.123 e. The molecule has 1 aliphatic rings. The lowest BCUT2D eigenvalue weighted by Crippen LogP contribution is -2.42. The third-order valence-electron chi connectivity index (χ3n) is 4.30. The first-order chi connectivity index (χ1) is 9.29. The molecule has 3 N–H and O–H groups in total. The number of nitrogens with one attached hydrogen (secondary N) is 1. The minimum absolute atomic E-state index is 0.174. The third-order valence-corrected chi connectivity index (χ3v) is 4.30. The van der Waals surface area contributed by atoms with Crippen molar-refractivity contribution >= 4 is 0 Å². The molecule has 1 saturated carbocycles. The van der Waals surface area contributed by atoms with Crippen LogP contribution < -0.4 is 11.3 Å². The highest BCUT2D eigenvalue weighted by Gasteiger charge is 2.21. The summed E-state index contributed by atoms with van der Waals surface area (Å²) in [5, 5.41) is 0. The molecule has 0 bridgehead atoms. The van der Waals surface area contributed by atoms with Gasteiger partial charge in [0.2, 0.25) is 0 Å². The second-order valence-electron chi connectivity index (χ2n) is 5.71. The highest BCUT2D eigenvalue weighted by Crippen LogP contribution is 2.26. The van der Waals surface area contributed by atoms with E-state index < -0.39 is 0 Å². The first-order valence-corrected chi connectivity index (χ1v) is 7.50. The Labute approximate surface area is 115 Å². The van der Waals surface area contributed by atoms with E-state index in [1.807, 2.05) is 12.1 Å². The predicted octanol–water partition coefficient (Wildman–Crippen LogP) is 3.56. The van der Waals surface area contributed by atoms with Crippen LogP contribution in [0.15, 0.2) is 24.3 Å². The molecule has 106 valence electrons. The molecule has 1 aromatic carbocycles. The Kier molecular flexibility index (Phi) is 5.80. The minimum Gasteiger partial charge on any atom is -0.271 e. The molecule has 0 spiro atoms. The molecule has 1 unspecified atom stereocenters. The van der Waals surface area contributed by atoms with Crippen molar-refractivity contribution in [3.05, 3.63) is 35.6 Å². The van der Waals surface area contributed by atoms with Gasteiger partial charge in [0.1, 0.15) is 5.82 Å². The van der Waals surface area contributed by atoms with Crippen LogP contribution >= 0.6 is 0 Å². The molecule has 0 aliphatic heterocycles. The summed E-state index contributed by atoms with van der Waals surface area (Å²) in [5.74, 6) is 6.22. The Balaban J connectivity index is 1.95. The summed E-state index contributed by atoms with van der Waals surface area (Å²) in [6.07, 6.45) is 10.1. The molecule has 1 aliphatic carbocycles. The molecule has 2 nitrogen and oxygen atoms in total. The van der Waals surface area contributed by atoms with Crippen LogP contribution in [0.1, 0.15) is 50.5 Å². The van der Waals surface area contributed by atoms with E-state index in [0.717, 1.165) is 12.0 Å². The van der Waals surface area contributed by atoms with Crippen LogP contribution in [0.25, 0.3) is 0 Å². The first kappa shape index (κ1) is 14.5. The van der Waals surface area contributed by atoms with E-state index in [0.29, 0.717) is 12.0 Å². The van der Waals surface area contributed by atoms with Crippen LogP contribution in [0, 0.1) is 11.7 Å². The second kappa shape index (κ2) is 7.61. The quantitative estimate of drug-likeness (QED) is 0.644. The summed E-state index contributed by atoms with van der Waals surface area (Å²) in [6.45, 7) is 0. The Morgan fingerprint density at radius 1 is 1.05 bits per heavy atom. The number of hydrazine groups is 1. The molecule has 19 heavy (non-hydrogen) atoms. The van der Waals surface area contributed by atoms with Gasteiger partial charge in [-0.25, -0.2) is 4.39 Å². The van der Waals surface area contributed by atoms with Crippen molar-refractivity contribution in [2.45, 2.75) is 57.4 Å². The Morgan fingerprint density at radius 3 is 2.21 bits per heavy atom. The van der Waals surface area contributed by atoms with Gasteiger partial charge in [-0.05, 0) is 42.9 Å². The van der Waals surface area contributed by atoms with E-state index >= 15 is 0 Å². The van der Waals surface area contributed by atoms with Gasteiger partial charge in [-0.15, -0.1) is 0 Å². The summed E-state index contributed by atoms with van der Waals surface area (Å²) < 4.78 is 12.9. The second-order valence-corrected chi connectivity index (χ2v) is 5.71. The molecular weight excluding hydrogens is 239 g/mol. The number of nitrogens with two attached hydrogens (primary N) is 1. The highest BCUT2D eigenvalue weighted by atomic mass is 19.1. The van der Waals surface area contributed by atoms with Crippen LogP contribution in [0.5, 0.6) is 0 Å². The van der Waals surface area contributed by atoms with Gasteiger partial charge < -0.3 is 0 Å². The fraction of sp³-hybridized carbons (Fsp3) is 0.625. The van der Waals surface area contributed by atoms with Crippen molar-refractivity contribution in [1.29, 1.82) is 0 Å². The van der Waals surface area contributed by atoms with Crippen LogP contribution in [0.3, 0.4) is 0 Å². The topological polar surface area (TPSA) is 38.0 Å². The maximum absolute atomic E-state index is 12.9. The molecule has 0 amide bonds. The largest absolute Gasteiger partial charge is 0.271 e. The number of benzene rings is 1. The van der Waals surface area contributed by atoms with Crippen molar-refractivity contribution in [3.63, 3.8) is 0 Å². The van der Waals surface area contributed by atoms with Gasteiger partial charge in [-0.2, -0.15) is 0 Å². The standard InChI is InChI=1S/C16H25FN2/c17-15-10-8-13(9-11-15)12-16(19-18)14-6-4-2-1-3-5-7-14/h8-11,14,16,19H,1-7,12,18H2. The third kappa shape index (κ3) is 4.59. The average molecular weight is 264 g/mol. The summed E-state index contributed by atoms with van der Waals surface area (Å²) in [6, 6.07) is 7.09. The van der Waals surface area contributed by atoms with Crippen molar-refractivity contribution in [1.82, 2.24) is 5.43 Å². The number of halogens is 1. The van der Waals surface area contributed by atoms with Gasteiger partial charge in [0.05, 0.1) is 0 Å². The van der Waals surface area contributed by atoms with E-state index in [-0.39, 0.29) is 5.82 Å². The van der Waals surface area contributed by atoms with Crippen LogP contribution in [0.2, 0.25) is 0 Å². The number of hydrogen-bond donors (Lipinski definition) is 2. The molecule has 0 radical (unpaired) electrons. The SMILES string of the molecule is NNC(Cc1ccc(F)cc1)C1CCCCCCC1. The predicted molar refractivity (Wildman–Crippen MR) is 77.0 cm³/mol. The van der Waals surface area contributed by atoms with E-state index in [2.05, 4.69) is 5.43 Å². The van der Waals surface area contributed by atoms with Crippen molar-refractivity contribution < 1.29 is 4.39 Å². The zero-order chi connectivity index (χ0) is 13.5. The highest BCUT2D eigenvalue weighted by molar-refractivity contribution is 5.17. The lowest BCUT2D eigenvalue weighted by atomic mass is 9.83. The normalized spacial score (nSPS) is 19.7. The van der Waals surface area contributed by atoms with Crippen LogP contribution in [0.4, 0.5) is 4.39 Å². The number of hydrogen-bond acceptors (Lipinski definition) is 2. The first-order valence-electron chi connectivity index (χ1n) is 7.50. The Morgan fingerprint density at radius 2 is 1.63 bits per heavy atom. The summed E-state index contributed by atoms with van der Waals surface area (Å²) >= 11 is 0. The van der Waals surface area contributed by atoms with Gasteiger partial charge in [0.15, 0.2) is 0 Å². The molecule has 2 rings (SSSR count). The lowest BCUT2D eigenvalue weighted by Gasteiger charge is -2.28. The molecule has 0 saturated heterocycles. The van der Waals surface area contributed by atoms with E-state index in [1.54, 1.807) is 0 Å². The van der Waals surface area contributed by atoms with E-state index in [9.17, 15) is 4.39 Å². The van der Waals surface area contributed by atoms with Crippen LogP contribution in [-0.4, -0.2) is 6.04 Å². The van der Waals surface area contributed by atoms with Gasteiger partial charge in [0.25, 0.3) is 0 Å². The van der Waals surface area contributed by atoms with Gasteiger partial charge in [-0.1, -0.05) is 44.2 Å². The molecule has 3 heteroatoms. The lowest BCUT2D eigenvalue weighted by molar-refractivity contribution is 0.285. The zero-order valence-corrected chi connectivity index (χ0v) is 11.6. The van der Waals surface area contributed by atoms with Gasteiger partial charge >= 0.3 is 0 Å². The fourth-order valence-electron chi connectivity index (χ4n) is 3.13. The number of rotatable bonds is 4. The fourth-order valence-corrected chi connectivity index (χ4v) is 3.13. The molecule has 0 heterocycles. The maximum Gasteiger partial charge on any atom is 0.123 e. The average Bonchev–Trinajstić information content (AvgIpc) is 2.38. The maximum atomic E-state index is 12.9. The van der Waals surface area contributed by atoms with Crippen LogP contribution in [-0.2, 0) is 6.42 Å². The van der Waals surface area contributed by atoms with E-state index in [4.69, 9.17) is 5.84 Å². The molecular formula is C16H25FN2. The van der Waals surface area contributed by atoms with E-state index in [1.165, 1.54) is 57.1 Å². The molecule has 0 aromatic heterocycles. The Hall–Kier alpha value is -0.930. The zero-order valence-electron chi connectivity index (χ0n) is 11.6. The molecule has 1 aromatic rings. The van der Waals surface area contributed by atoms with Crippen molar-refractivity contribution in [2.24, 2.45) is 11.8 Å².